The molecule has 0 saturated carbocycles. The monoisotopic (exact) mass is 474 g/mol. The summed E-state index contributed by atoms with van der Waals surface area (Å²) in [5.74, 6) is 1.33. The van der Waals surface area contributed by atoms with Gasteiger partial charge in [0.15, 0.2) is 5.65 Å². The van der Waals surface area contributed by atoms with E-state index in [-0.39, 0.29) is 6.54 Å². The number of nitrogens with zero attached hydrogens (tertiary/aromatic N) is 5. The highest BCUT2D eigenvalue weighted by molar-refractivity contribution is 5.92. The van der Waals surface area contributed by atoms with Crippen molar-refractivity contribution in [1.82, 2.24) is 23.8 Å². The molecule has 5 rings (SSSR count). The van der Waals surface area contributed by atoms with Crippen molar-refractivity contribution in [3.63, 3.8) is 0 Å². The molecule has 2 aromatic carbocycles. The average molecular weight is 474 g/mol. The van der Waals surface area contributed by atoms with Crippen LogP contribution < -0.4 is 25.2 Å². The first-order valence-electron chi connectivity index (χ1n) is 10.6. The molecule has 0 atom stereocenters. The fourth-order valence-electron chi connectivity index (χ4n) is 3.78. The third-order valence-corrected chi connectivity index (χ3v) is 5.55. The Kier molecular flexibility index (Phi) is 5.57. The zero-order valence-electron chi connectivity index (χ0n) is 19.3. The summed E-state index contributed by atoms with van der Waals surface area (Å²) in [5.41, 5.74) is 2.60. The Balaban J connectivity index is 1.46. The molecule has 0 spiro atoms. The van der Waals surface area contributed by atoms with Gasteiger partial charge in [-0.3, -0.25) is 4.79 Å². The molecule has 178 valence electrons. The highest BCUT2D eigenvalue weighted by Gasteiger charge is 2.16. The minimum atomic E-state index is -0.442. The number of hydrogen-bond donors (Lipinski definition) is 1. The van der Waals surface area contributed by atoms with Crippen LogP contribution in [0.3, 0.4) is 0 Å². The van der Waals surface area contributed by atoms with Crippen LogP contribution in [0.25, 0.3) is 22.4 Å². The molecule has 0 aliphatic heterocycles. The maximum atomic E-state index is 12.9. The Labute approximate surface area is 199 Å². The Bertz CT molecular complexity index is 1600. The smallest absolute Gasteiger partial charge is 0.350 e. The normalized spacial score (nSPS) is 11.1. The number of benzene rings is 2. The molecule has 3 heterocycles. The second-order valence-corrected chi connectivity index (χ2v) is 7.63. The molecule has 0 bridgehead atoms. The molecule has 11 heteroatoms. The van der Waals surface area contributed by atoms with Crippen LogP contribution >= 0.6 is 0 Å². The van der Waals surface area contributed by atoms with Crippen LogP contribution in [0.4, 0.5) is 5.69 Å². The topological polar surface area (TPSA) is 113 Å². The lowest BCUT2D eigenvalue weighted by molar-refractivity contribution is -0.117. The van der Waals surface area contributed by atoms with Gasteiger partial charge in [-0.05, 0) is 42.5 Å². The van der Waals surface area contributed by atoms with E-state index in [1.54, 1.807) is 42.2 Å². The largest absolute Gasteiger partial charge is 0.497 e. The molecule has 0 fully saturated rings. The molecular weight excluding hydrogens is 452 g/mol. The molecule has 35 heavy (non-hydrogen) atoms. The second-order valence-electron chi connectivity index (χ2n) is 7.63. The van der Waals surface area contributed by atoms with Crippen molar-refractivity contribution in [2.75, 3.05) is 26.6 Å². The second kappa shape index (κ2) is 8.86. The summed E-state index contributed by atoms with van der Waals surface area (Å²) in [4.78, 5) is 25.7. The van der Waals surface area contributed by atoms with E-state index in [2.05, 4.69) is 15.5 Å². The Morgan fingerprint density at radius 1 is 0.914 bits per heavy atom. The van der Waals surface area contributed by atoms with Gasteiger partial charge in [0.05, 0.1) is 32.7 Å². The standard InChI is InChI=1S/C24H22N6O5/c1-33-16-6-4-15(5-7-16)18-13-20-23-27-30(24(32)28(23)10-11-29(20)26-18)14-22(31)25-19-12-17(34-2)8-9-21(19)35-3/h4-13H,14H2,1-3H3,(H,25,31). The van der Waals surface area contributed by atoms with Crippen molar-refractivity contribution in [1.29, 1.82) is 0 Å². The number of hydrogen-bond acceptors (Lipinski definition) is 7. The van der Waals surface area contributed by atoms with Gasteiger partial charge in [0.25, 0.3) is 0 Å². The predicted molar refractivity (Wildman–Crippen MR) is 128 cm³/mol. The average Bonchev–Trinajstić information content (AvgIpc) is 3.45. The minimum absolute atomic E-state index is 0.285. The van der Waals surface area contributed by atoms with Gasteiger partial charge in [-0.1, -0.05) is 0 Å². The molecule has 0 unspecified atom stereocenters. The lowest BCUT2D eigenvalue weighted by Crippen LogP contribution is -2.28. The molecule has 1 N–H and O–H groups in total. The van der Waals surface area contributed by atoms with Crippen LogP contribution in [0.5, 0.6) is 17.2 Å². The highest BCUT2D eigenvalue weighted by atomic mass is 16.5. The molecular formula is C24H22N6O5. The minimum Gasteiger partial charge on any atom is -0.497 e. The van der Waals surface area contributed by atoms with Gasteiger partial charge in [-0.2, -0.15) is 5.10 Å². The molecule has 0 aliphatic carbocycles. The summed E-state index contributed by atoms with van der Waals surface area (Å²) in [7, 11) is 4.64. The lowest BCUT2D eigenvalue weighted by atomic mass is 10.1. The Morgan fingerprint density at radius 2 is 1.66 bits per heavy atom. The van der Waals surface area contributed by atoms with Crippen molar-refractivity contribution >= 4 is 22.8 Å². The quantitative estimate of drug-likeness (QED) is 0.386. The molecule has 5 aromatic rings. The molecule has 11 nitrogen and oxygen atoms in total. The van der Waals surface area contributed by atoms with Gasteiger partial charge in [0.1, 0.15) is 29.3 Å². The molecule has 0 saturated heterocycles. The third kappa shape index (κ3) is 4.03. The number of fused-ring (bicyclic) bond motifs is 3. The van der Waals surface area contributed by atoms with Crippen LogP contribution in [0.1, 0.15) is 0 Å². The molecule has 0 radical (unpaired) electrons. The van der Waals surface area contributed by atoms with Crippen LogP contribution in [0.15, 0.2) is 65.7 Å². The lowest BCUT2D eigenvalue weighted by Gasteiger charge is -2.11. The van der Waals surface area contributed by atoms with Crippen LogP contribution in [-0.4, -0.2) is 51.0 Å². The van der Waals surface area contributed by atoms with Crippen LogP contribution in [-0.2, 0) is 11.3 Å². The summed E-state index contributed by atoms with van der Waals surface area (Å²) in [6.45, 7) is -0.285. The van der Waals surface area contributed by atoms with E-state index in [0.29, 0.717) is 34.0 Å². The zero-order chi connectivity index (χ0) is 24.5. The third-order valence-electron chi connectivity index (χ3n) is 5.55. The number of amides is 1. The van der Waals surface area contributed by atoms with Gasteiger partial charge < -0.3 is 19.5 Å². The first-order valence-corrected chi connectivity index (χ1v) is 10.6. The van der Waals surface area contributed by atoms with Gasteiger partial charge in [0.2, 0.25) is 5.91 Å². The maximum Gasteiger partial charge on any atom is 0.350 e. The summed E-state index contributed by atoms with van der Waals surface area (Å²) >= 11 is 0. The van der Waals surface area contributed by atoms with Crippen molar-refractivity contribution in [2.24, 2.45) is 0 Å². The zero-order valence-corrected chi connectivity index (χ0v) is 19.3. The van der Waals surface area contributed by atoms with Crippen LogP contribution in [0, 0.1) is 0 Å². The summed E-state index contributed by atoms with van der Waals surface area (Å²) in [6.07, 6.45) is 3.24. The van der Waals surface area contributed by atoms with E-state index >= 15 is 0 Å². The van der Waals surface area contributed by atoms with Crippen molar-refractivity contribution in [3.8, 4) is 28.5 Å². The first kappa shape index (κ1) is 22.0. The number of methoxy groups -OCH3 is 3. The van der Waals surface area contributed by atoms with E-state index in [0.717, 1.165) is 16.0 Å². The number of aromatic nitrogens is 5. The fourth-order valence-corrected chi connectivity index (χ4v) is 3.78. The summed E-state index contributed by atoms with van der Waals surface area (Å²) < 4.78 is 19.8. The van der Waals surface area contributed by atoms with Gasteiger partial charge in [-0.15, -0.1) is 5.10 Å². The van der Waals surface area contributed by atoms with E-state index in [9.17, 15) is 9.59 Å². The van der Waals surface area contributed by atoms with E-state index in [1.807, 2.05) is 30.3 Å². The Hall–Kier alpha value is -4.80. The number of anilines is 1. The molecule has 1 amide bonds. The molecule has 0 aliphatic rings. The van der Waals surface area contributed by atoms with Crippen molar-refractivity contribution < 1.29 is 19.0 Å². The van der Waals surface area contributed by atoms with Gasteiger partial charge in [0, 0.05) is 24.0 Å². The number of carbonyl (C=O) groups is 1. The number of rotatable bonds is 7. The number of ether oxygens (including phenoxy) is 3. The summed E-state index contributed by atoms with van der Waals surface area (Å²) in [6, 6.07) is 14.4. The predicted octanol–water partition coefficient (Wildman–Crippen LogP) is 2.48. The number of carbonyl (C=O) groups excluding carboxylic acids is 1. The van der Waals surface area contributed by atoms with Crippen molar-refractivity contribution in [3.05, 3.63) is 71.4 Å². The van der Waals surface area contributed by atoms with E-state index in [4.69, 9.17) is 14.2 Å². The number of nitrogens with one attached hydrogen (secondary N) is 1. The Morgan fingerprint density at radius 3 is 2.37 bits per heavy atom. The summed E-state index contributed by atoms with van der Waals surface area (Å²) in [5, 5.41) is 11.7. The van der Waals surface area contributed by atoms with Crippen LogP contribution in [0.2, 0.25) is 0 Å². The van der Waals surface area contributed by atoms with Crippen molar-refractivity contribution in [2.45, 2.75) is 6.54 Å². The fraction of sp³-hybridized carbons (Fsp3) is 0.167. The van der Waals surface area contributed by atoms with Gasteiger partial charge >= 0.3 is 5.69 Å². The van der Waals surface area contributed by atoms with E-state index < -0.39 is 11.6 Å². The maximum absolute atomic E-state index is 12.9. The van der Waals surface area contributed by atoms with Gasteiger partial charge in [-0.25, -0.2) is 18.4 Å². The first-order chi connectivity index (χ1) is 17.0. The SMILES string of the molecule is COc1ccc(-c2cc3c4nn(CC(=O)Nc5cc(OC)ccc5OC)c(=O)n4ccn3n2)cc1. The van der Waals surface area contributed by atoms with E-state index in [1.165, 1.54) is 18.6 Å². The molecule has 3 aromatic heterocycles. The highest BCUT2D eigenvalue weighted by Crippen LogP contribution is 2.29.